The third kappa shape index (κ3) is 6.87. The van der Waals surface area contributed by atoms with E-state index >= 15 is 0 Å². The Kier molecular flexibility index (Phi) is 9.03. The third-order valence-electron chi connectivity index (χ3n) is 7.36. The summed E-state index contributed by atoms with van der Waals surface area (Å²) in [4.78, 5) is 0. The summed E-state index contributed by atoms with van der Waals surface area (Å²) < 4.78 is 45.1. The van der Waals surface area contributed by atoms with Crippen molar-refractivity contribution in [2.24, 2.45) is 0 Å². The van der Waals surface area contributed by atoms with Gasteiger partial charge in [-0.3, -0.25) is 14.5 Å². The number of halogens is 1. The number of nitrogens with one attached hydrogen (secondary N) is 3. The summed E-state index contributed by atoms with van der Waals surface area (Å²) in [6, 6.07) is 12.8. The lowest BCUT2D eigenvalue weighted by molar-refractivity contribution is 0.562. The molecule has 3 aromatic carbocycles. The molecule has 0 amide bonds. The summed E-state index contributed by atoms with van der Waals surface area (Å²) in [6.07, 6.45) is 0. The number of anilines is 2. The smallest absolute Gasteiger partial charge is 0.316 e. The molecule has 5 aromatic rings. The standard InChI is InChI=1S/C32H37ClN6O4S2/c1-17-12-18(2)14-24(13-17)42-44(40)37-23-11-10-19(3)25(16-23)43-45(41)38-28-21(5)15-20(4)26(22(28)6)30-34-35-31-27(33)29(32(7,8)9)36-39(30)31/h10-16,36-38H,1-9H3. The van der Waals surface area contributed by atoms with Crippen molar-refractivity contribution in [1.29, 1.82) is 0 Å². The van der Waals surface area contributed by atoms with Gasteiger partial charge in [-0.25, -0.2) is 4.52 Å². The summed E-state index contributed by atoms with van der Waals surface area (Å²) >= 11 is 2.84. The molecule has 2 aromatic heterocycles. The molecule has 0 aliphatic rings. The number of hydrogen-bond donors (Lipinski definition) is 3. The Morgan fingerprint density at radius 2 is 1.49 bits per heavy atom. The highest BCUT2D eigenvalue weighted by Crippen LogP contribution is 2.37. The zero-order valence-electron chi connectivity index (χ0n) is 26.7. The number of rotatable bonds is 9. The van der Waals surface area contributed by atoms with E-state index in [1.807, 2.05) is 65.8 Å². The maximum absolute atomic E-state index is 13.3. The first-order chi connectivity index (χ1) is 21.1. The van der Waals surface area contributed by atoms with Gasteiger partial charge in [0.05, 0.1) is 17.1 Å². The second kappa shape index (κ2) is 12.5. The van der Waals surface area contributed by atoms with Crippen molar-refractivity contribution < 1.29 is 16.8 Å². The molecule has 0 aliphatic heterocycles. The van der Waals surface area contributed by atoms with Gasteiger partial charge in [0.15, 0.2) is 11.5 Å². The van der Waals surface area contributed by atoms with Crippen LogP contribution in [0.5, 0.6) is 11.5 Å². The molecule has 2 atom stereocenters. The molecular weight excluding hydrogens is 632 g/mol. The van der Waals surface area contributed by atoms with Gasteiger partial charge in [-0.1, -0.05) is 50.6 Å². The zero-order valence-corrected chi connectivity index (χ0v) is 29.1. The second-order valence-electron chi connectivity index (χ2n) is 12.3. The minimum Gasteiger partial charge on any atom is -0.385 e. The molecule has 2 heterocycles. The largest absolute Gasteiger partial charge is 0.385 e. The van der Waals surface area contributed by atoms with Gasteiger partial charge in [0.2, 0.25) is 0 Å². The number of aryl methyl sites for hydroxylation is 5. The lowest BCUT2D eigenvalue weighted by Crippen LogP contribution is -2.15. The molecular formula is C32H37ClN6O4S2. The fourth-order valence-electron chi connectivity index (χ4n) is 5.28. The highest BCUT2D eigenvalue weighted by atomic mass is 35.5. The van der Waals surface area contributed by atoms with Gasteiger partial charge in [-0.2, -0.15) is 8.42 Å². The molecule has 3 N–H and O–H groups in total. The number of hydrogen-bond acceptors (Lipinski definition) is 6. The summed E-state index contributed by atoms with van der Waals surface area (Å²) in [7, 11) is 0. The van der Waals surface area contributed by atoms with Crippen molar-refractivity contribution >= 4 is 51.2 Å². The second-order valence-corrected chi connectivity index (χ2v) is 14.3. The van der Waals surface area contributed by atoms with E-state index in [4.69, 9.17) is 20.0 Å². The van der Waals surface area contributed by atoms with Gasteiger partial charge in [-0.15, -0.1) is 10.2 Å². The van der Waals surface area contributed by atoms with Crippen molar-refractivity contribution in [3.8, 4) is 22.9 Å². The fourth-order valence-corrected chi connectivity index (χ4v) is 7.22. The number of aromatic nitrogens is 4. The van der Waals surface area contributed by atoms with Gasteiger partial charge in [0, 0.05) is 17.0 Å². The van der Waals surface area contributed by atoms with E-state index in [0.29, 0.717) is 39.4 Å². The van der Waals surface area contributed by atoms with Gasteiger partial charge < -0.3 is 8.37 Å². The highest BCUT2D eigenvalue weighted by Gasteiger charge is 2.27. The SMILES string of the molecule is Cc1cc(C)cc(OS(=O)Nc2ccc(C)c(OS(=O)Nc3c(C)cc(C)c(-c4nnc5c(Cl)c(C(C)(C)C)[nH]n45)c3C)c2)c1. The molecule has 238 valence electrons. The van der Waals surface area contributed by atoms with E-state index < -0.39 is 22.5 Å². The molecule has 0 fully saturated rings. The molecule has 0 saturated heterocycles. The lowest BCUT2D eigenvalue weighted by atomic mass is 9.92. The molecule has 0 saturated carbocycles. The van der Waals surface area contributed by atoms with Crippen molar-refractivity contribution in [1.82, 2.24) is 19.8 Å². The van der Waals surface area contributed by atoms with E-state index in [1.165, 1.54) is 0 Å². The molecule has 5 rings (SSSR count). The number of benzene rings is 3. The number of fused-ring (bicyclic) bond motifs is 1. The summed E-state index contributed by atoms with van der Waals surface area (Å²) in [5.41, 5.74) is 8.60. The molecule has 45 heavy (non-hydrogen) atoms. The van der Waals surface area contributed by atoms with Gasteiger partial charge in [-0.05, 0) is 93.1 Å². The lowest BCUT2D eigenvalue weighted by Gasteiger charge is -2.18. The van der Waals surface area contributed by atoms with E-state index in [9.17, 15) is 8.42 Å². The summed E-state index contributed by atoms with van der Waals surface area (Å²) in [5.74, 6) is 1.45. The monoisotopic (exact) mass is 668 g/mol. The van der Waals surface area contributed by atoms with Crippen LogP contribution in [-0.4, -0.2) is 28.2 Å². The average molecular weight is 669 g/mol. The van der Waals surface area contributed by atoms with E-state index in [1.54, 1.807) is 22.7 Å². The predicted molar refractivity (Wildman–Crippen MR) is 183 cm³/mol. The van der Waals surface area contributed by atoms with Crippen LogP contribution in [0.15, 0.2) is 42.5 Å². The van der Waals surface area contributed by atoms with E-state index in [-0.39, 0.29) is 5.41 Å². The van der Waals surface area contributed by atoms with Crippen molar-refractivity contribution in [3.05, 3.63) is 86.6 Å². The van der Waals surface area contributed by atoms with Crippen molar-refractivity contribution in [2.75, 3.05) is 9.44 Å². The summed E-state index contributed by atoms with van der Waals surface area (Å²) in [6.45, 7) is 17.8. The van der Waals surface area contributed by atoms with Crippen LogP contribution in [0.3, 0.4) is 0 Å². The van der Waals surface area contributed by atoms with Crippen LogP contribution in [0.25, 0.3) is 17.0 Å². The Hall–Kier alpha value is -3.87. The van der Waals surface area contributed by atoms with Crippen LogP contribution in [0.4, 0.5) is 11.4 Å². The first-order valence-corrected chi connectivity index (χ1v) is 16.8. The maximum atomic E-state index is 13.3. The van der Waals surface area contributed by atoms with Crippen LogP contribution in [-0.2, 0) is 27.9 Å². The Labute approximate surface area is 273 Å². The Bertz CT molecular complexity index is 1960. The normalized spacial score (nSPS) is 13.1. The van der Waals surface area contributed by atoms with Crippen LogP contribution in [0, 0.1) is 41.5 Å². The Morgan fingerprint density at radius 3 is 2.16 bits per heavy atom. The number of aromatic amines is 1. The molecule has 0 aliphatic carbocycles. The van der Waals surface area contributed by atoms with Crippen LogP contribution in [0.2, 0.25) is 5.02 Å². The minimum atomic E-state index is -1.97. The third-order valence-corrected chi connectivity index (χ3v) is 9.16. The molecule has 0 spiro atoms. The molecule has 10 nitrogen and oxygen atoms in total. The maximum Gasteiger partial charge on any atom is 0.316 e. The molecule has 0 radical (unpaired) electrons. The van der Waals surface area contributed by atoms with Crippen LogP contribution in [0.1, 0.15) is 59.8 Å². The molecule has 2 unspecified atom stereocenters. The average Bonchev–Trinajstić information content (AvgIpc) is 3.48. The summed E-state index contributed by atoms with van der Waals surface area (Å²) in [5, 5.41) is 12.7. The van der Waals surface area contributed by atoms with E-state index in [0.717, 1.165) is 44.6 Å². The predicted octanol–water partition coefficient (Wildman–Crippen LogP) is 7.67. The minimum absolute atomic E-state index is 0.222. The Morgan fingerprint density at radius 1 is 0.822 bits per heavy atom. The quantitative estimate of drug-likeness (QED) is 0.148. The highest BCUT2D eigenvalue weighted by molar-refractivity contribution is 7.82. The van der Waals surface area contributed by atoms with Crippen LogP contribution < -0.4 is 17.8 Å². The number of H-pyrrole nitrogens is 1. The first kappa shape index (κ1) is 32.5. The van der Waals surface area contributed by atoms with E-state index in [2.05, 4.69) is 45.5 Å². The van der Waals surface area contributed by atoms with Crippen LogP contribution >= 0.6 is 11.6 Å². The number of nitrogens with zero attached hydrogens (tertiary/aromatic N) is 3. The fraction of sp³-hybridized carbons (Fsp3) is 0.312. The van der Waals surface area contributed by atoms with Gasteiger partial charge >= 0.3 is 22.5 Å². The molecule has 13 heteroatoms. The topological polar surface area (TPSA) is 123 Å². The molecule has 0 bridgehead atoms. The van der Waals surface area contributed by atoms with Crippen molar-refractivity contribution in [3.63, 3.8) is 0 Å². The van der Waals surface area contributed by atoms with Gasteiger partial charge in [0.25, 0.3) is 0 Å². The van der Waals surface area contributed by atoms with Gasteiger partial charge in [0.1, 0.15) is 16.5 Å². The van der Waals surface area contributed by atoms with Crippen molar-refractivity contribution in [2.45, 2.75) is 67.7 Å². The first-order valence-electron chi connectivity index (χ1n) is 14.3. The Balaban J connectivity index is 1.37. The zero-order chi connectivity index (χ0) is 32.8.